The molecule has 0 unspecified atom stereocenters. The standard InChI is InChI=1S/C15H11ClN4O5S/c1-24-10-5-17-14(19-11(10)25-2)20-12(21)7-3-8(16)6(13(22)23)4-9(7)18-15(20)26/h3-5H,1-2H3,(H,18,26)(H,22,23). The van der Waals surface area contributed by atoms with E-state index >= 15 is 0 Å². The van der Waals surface area contributed by atoms with Gasteiger partial charge in [0.1, 0.15) is 0 Å². The van der Waals surface area contributed by atoms with Gasteiger partial charge in [-0.15, -0.1) is 0 Å². The number of aromatic amines is 1. The van der Waals surface area contributed by atoms with Crippen LogP contribution in [0.2, 0.25) is 5.02 Å². The van der Waals surface area contributed by atoms with Gasteiger partial charge in [-0.2, -0.15) is 4.98 Å². The lowest BCUT2D eigenvalue weighted by atomic mass is 10.1. The fourth-order valence-corrected chi connectivity index (χ4v) is 2.84. The smallest absolute Gasteiger partial charge is 0.337 e. The molecule has 0 atom stereocenters. The van der Waals surface area contributed by atoms with Crippen molar-refractivity contribution in [2.24, 2.45) is 0 Å². The zero-order chi connectivity index (χ0) is 19.0. The zero-order valence-electron chi connectivity index (χ0n) is 13.4. The summed E-state index contributed by atoms with van der Waals surface area (Å²) in [7, 11) is 2.82. The number of rotatable bonds is 4. The highest BCUT2D eigenvalue weighted by Crippen LogP contribution is 2.24. The SMILES string of the molecule is COc1cnc(-n2c(=S)[nH]c3cc(C(=O)O)c(Cl)cc3c2=O)nc1OC. The molecule has 0 spiro atoms. The van der Waals surface area contributed by atoms with Gasteiger partial charge >= 0.3 is 5.97 Å². The molecular formula is C15H11ClN4O5S. The van der Waals surface area contributed by atoms with E-state index in [1.165, 1.54) is 32.5 Å². The van der Waals surface area contributed by atoms with Crippen LogP contribution in [0.3, 0.4) is 0 Å². The molecule has 134 valence electrons. The highest BCUT2D eigenvalue weighted by molar-refractivity contribution is 7.71. The minimum Gasteiger partial charge on any atom is -0.490 e. The summed E-state index contributed by atoms with van der Waals surface area (Å²) < 4.78 is 11.2. The largest absolute Gasteiger partial charge is 0.490 e. The predicted molar refractivity (Wildman–Crippen MR) is 95.4 cm³/mol. The number of hydrogen-bond donors (Lipinski definition) is 2. The molecule has 0 radical (unpaired) electrons. The molecule has 2 N–H and O–H groups in total. The van der Waals surface area contributed by atoms with Gasteiger partial charge in [0.2, 0.25) is 5.95 Å². The summed E-state index contributed by atoms with van der Waals surface area (Å²) in [5.74, 6) is -0.842. The molecule has 11 heteroatoms. The van der Waals surface area contributed by atoms with Crippen molar-refractivity contribution in [2.75, 3.05) is 14.2 Å². The number of aromatic nitrogens is 4. The molecule has 9 nitrogen and oxygen atoms in total. The first-order valence-electron chi connectivity index (χ1n) is 7.04. The monoisotopic (exact) mass is 394 g/mol. The van der Waals surface area contributed by atoms with Crippen LogP contribution in [0.25, 0.3) is 16.9 Å². The molecule has 0 saturated carbocycles. The Morgan fingerprint density at radius 2 is 2.08 bits per heavy atom. The highest BCUT2D eigenvalue weighted by Gasteiger charge is 2.17. The van der Waals surface area contributed by atoms with Crippen LogP contribution in [-0.2, 0) is 0 Å². The number of H-pyrrole nitrogens is 1. The van der Waals surface area contributed by atoms with Crippen LogP contribution in [0.4, 0.5) is 0 Å². The third kappa shape index (κ3) is 2.89. The minimum absolute atomic E-state index is 0.0200. The number of ether oxygens (including phenoxy) is 2. The predicted octanol–water partition coefficient (Wildman–Crippen LogP) is 2.21. The molecule has 26 heavy (non-hydrogen) atoms. The fraction of sp³-hybridized carbons (Fsp3) is 0.133. The van der Waals surface area contributed by atoms with Gasteiger partial charge in [-0.25, -0.2) is 14.3 Å². The van der Waals surface area contributed by atoms with E-state index in [2.05, 4.69) is 15.0 Å². The Balaban J connectivity index is 2.32. The molecule has 1 aromatic carbocycles. The van der Waals surface area contributed by atoms with E-state index in [0.717, 1.165) is 4.57 Å². The van der Waals surface area contributed by atoms with E-state index in [9.17, 15) is 9.59 Å². The highest BCUT2D eigenvalue weighted by atomic mass is 35.5. The van der Waals surface area contributed by atoms with Gasteiger partial charge in [0.25, 0.3) is 11.4 Å². The van der Waals surface area contributed by atoms with E-state index in [4.69, 9.17) is 38.4 Å². The zero-order valence-corrected chi connectivity index (χ0v) is 15.0. The quantitative estimate of drug-likeness (QED) is 0.646. The molecule has 2 heterocycles. The molecular weight excluding hydrogens is 384 g/mol. The van der Waals surface area contributed by atoms with E-state index in [-0.39, 0.29) is 43.8 Å². The van der Waals surface area contributed by atoms with E-state index in [1.54, 1.807) is 0 Å². The summed E-state index contributed by atoms with van der Waals surface area (Å²) >= 11 is 11.2. The summed E-state index contributed by atoms with van der Waals surface area (Å²) in [5, 5.41) is 9.20. The second-order valence-corrected chi connectivity index (χ2v) is 5.80. The number of carboxylic acids is 1. The lowest BCUT2D eigenvalue weighted by Crippen LogP contribution is -2.23. The van der Waals surface area contributed by atoms with Gasteiger partial charge in [0.15, 0.2) is 10.5 Å². The average Bonchev–Trinajstić information content (AvgIpc) is 2.61. The van der Waals surface area contributed by atoms with Crippen molar-refractivity contribution < 1.29 is 19.4 Å². The van der Waals surface area contributed by atoms with Gasteiger partial charge in [-0.05, 0) is 24.4 Å². The average molecular weight is 395 g/mol. The molecule has 0 aliphatic heterocycles. The van der Waals surface area contributed by atoms with Crippen molar-refractivity contribution in [3.05, 3.63) is 44.0 Å². The lowest BCUT2D eigenvalue weighted by Gasteiger charge is -2.10. The summed E-state index contributed by atoms with van der Waals surface area (Å²) in [5.41, 5.74) is -0.474. The number of halogens is 1. The summed E-state index contributed by atoms with van der Waals surface area (Å²) in [6, 6.07) is 2.50. The van der Waals surface area contributed by atoms with Crippen LogP contribution in [0, 0.1) is 4.77 Å². The van der Waals surface area contributed by atoms with Crippen molar-refractivity contribution in [2.45, 2.75) is 0 Å². The third-order valence-electron chi connectivity index (χ3n) is 3.54. The van der Waals surface area contributed by atoms with Crippen LogP contribution >= 0.6 is 23.8 Å². The van der Waals surface area contributed by atoms with Crippen LogP contribution in [0.15, 0.2) is 23.1 Å². The Morgan fingerprint density at radius 3 is 2.69 bits per heavy atom. The number of benzene rings is 1. The number of hydrogen-bond acceptors (Lipinski definition) is 7. The second kappa shape index (κ2) is 6.73. The molecule has 3 rings (SSSR count). The third-order valence-corrected chi connectivity index (χ3v) is 4.14. The molecule has 0 bridgehead atoms. The number of nitrogens with one attached hydrogen (secondary N) is 1. The maximum Gasteiger partial charge on any atom is 0.337 e. The van der Waals surface area contributed by atoms with Crippen molar-refractivity contribution in [1.82, 2.24) is 19.5 Å². The van der Waals surface area contributed by atoms with Gasteiger partial charge in [-0.1, -0.05) is 11.6 Å². The molecule has 2 aromatic heterocycles. The minimum atomic E-state index is -1.22. The van der Waals surface area contributed by atoms with Crippen molar-refractivity contribution in [3.8, 4) is 17.6 Å². The van der Waals surface area contributed by atoms with Crippen molar-refractivity contribution in [1.29, 1.82) is 0 Å². The number of aromatic carboxylic acids is 1. The first kappa shape index (κ1) is 17.8. The maximum atomic E-state index is 12.9. The molecule has 0 aliphatic carbocycles. The first-order valence-corrected chi connectivity index (χ1v) is 7.83. The molecule has 0 aliphatic rings. The summed E-state index contributed by atoms with van der Waals surface area (Å²) in [6.07, 6.45) is 1.34. The Labute approximate surface area is 155 Å². The number of methoxy groups -OCH3 is 2. The summed E-state index contributed by atoms with van der Waals surface area (Å²) in [6.45, 7) is 0. The number of carboxylic acid groups (broad SMARTS) is 1. The number of carbonyl (C=O) groups is 1. The Morgan fingerprint density at radius 1 is 1.35 bits per heavy atom. The molecule has 3 aromatic rings. The van der Waals surface area contributed by atoms with Crippen LogP contribution in [0.1, 0.15) is 10.4 Å². The van der Waals surface area contributed by atoms with Crippen LogP contribution < -0.4 is 15.0 Å². The van der Waals surface area contributed by atoms with Crippen molar-refractivity contribution in [3.63, 3.8) is 0 Å². The van der Waals surface area contributed by atoms with E-state index < -0.39 is 11.5 Å². The Kier molecular flexibility index (Phi) is 4.62. The van der Waals surface area contributed by atoms with E-state index in [0.29, 0.717) is 0 Å². The second-order valence-electron chi connectivity index (χ2n) is 5.00. The van der Waals surface area contributed by atoms with E-state index in [1.807, 2.05) is 0 Å². The van der Waals surface area contributed by atoms with Gasteiger partial charge in [0, 0.05) is 0 Å². The summed E-state index contributed by atoms with van der Waals surface area (Å²) in [4.78, 5) is 35.0. The van der Waals surface area contributed by atoms with Gasteiger partial charge < -0.3 is 19.6 Å². The molecule has 0 saturated heterocycles. The van der Waals surface area contributed by atoms with Crippen LogP contribution in [0.5, 0.6) is 11.6 Å². The molecule has 0 amide bonds. The molecule has 0 fully saturated rings. The van der Waals surface area contributed by atoms with Crippen molar-refractivity contribution >= 4 is 40.7 Å². The first-order chi connectivity index (χ1) is 12.4. The van der Waals surface area contributed by atoms with Crippen LogP contribution in [-0.4, -0.2) is 44.8 Å². The lowest BCUT2D eigenvalue weighted by molar-refractivity contribution is 0.0697. The van der Waals surface area contributed by atoms with Gasteiger partial charge in [0.05, 0.1) is 41.9 Å². The number of fused-ring (bicyclic) bond motifs is 1. The number of nitrogens with zero attached hydrogens (tertiary/aromatic N) is 3. The Bertz CT molecular complexity index is 1160. The normalized spacial score (nSPS) is 10.7. The fourth-order valence-electron chi connectivity index (χ4n) is 2.32. The maximum absolute atomic E-state index is 12.9. The topological polar surface area (TPSA) is 119 Å². The van der Waals surface area contributed by atoms with Gasteiger partial charge in [-0.3, -0.25) is 4.79 Å². The Hall–Kier alpha value is -2.98.